The van der Waals surface area contributed by atoms with Crippen LogP contribution in [0.5, 0.6) is 11.5 Å². The topological polar surface area (TPSA) is 117 Å². The van der Waals surface area contributed by atoms with Crippen molar-refractivity contribution in [2.45, 2.75) is 18.8 Å². The Morgan fingerprint density at radius 1 is 1.40 bits per heavy atom. The van der Waals surface area contributed by atoms with Crippen LogP contribution in [-0.4, -0.2) is 35.3 Å². The summed E-state index contributed by atoms with van der Waals surface area (Å²) < 4.78 is 5.30. The molecule has 0 amide bonds. The summed E-state index contributed by atoms with van der Waals surface area (Å²) in [6, 6.07) is 7.04. The monoisotopic (exact) mass is 361 g/mol. The number of phenols is 1. The van der Waals surface area contributed by atoms with Gasteiger partial charge in [0.25, 0.3) is 0 Å². The second-order valence-corrected chi connectivity index (χ2v) is 5.70. The van der Waals surface area contributed by atoms with Crippen LogP contribution >= 0.6 is 12.4 Å². The zero-order valence-electron chi connectivity index (χ0n) is 13.8. The van der Waals surface area contributed by atoms with Gasteiger partial charge in [-0.05, 0) is 31.5 Å². The summed E-state index contributed by atoms with van der Waals surface area (Å²) in [5.41, 5.74) is 7.31. The molecule has 1 aliphatic rings. The number of halogens is 1. The number of nitrogens with one attached hydrogen (secondary N) is 1. The summed E-state index contributed by atoms with van der Waals surface area (Å²) in [5, 5.41) is 23.0. The predicted octanol–water partition coefficient (Wildman–Crippen LogP) is 2.20. The smallest absolute Gasteiger partial charge is 0.169 e. The second kappa shape index (κ2) is 8.01. The van der Waals surface area contributed by atoms with E-state index in [-0.39, 0.29) is 35.7 Å². The fourth-order valence-electron chi connectivity index (χ4n) is 3.02. The third-order valence-electron chi connectivity index (χ3n) is 4.21. The van der Waals surface area contributed by atoms with Crippen LogP contribution in [0, 0.1) is 11.3 Å². The number of benzene rings is 1. The molecule has 132 valence electrons. The Morgan fingerprint density at radius 3 is 2.84 bits per heavy atom. The molecule has 1 aliphatic heterocycles. The lowest BCUT2D eigenvalue weighted by atomic mass is 9.93. The van der Waals surface area contributed by atoms with Crippen LogP contribution in [-0.2, 0) is 0 Å². The summed E-state index contributed by atoms with van der Waals surface area (Å²) in [6.45, 7) is 1.70. The van der Waals surface area contributed by atoms with Crippen LogP contribution in [0.3, 0.4) is 0 Å². The Labute approximate surface area is 152 Å². The number of nitrogens with zero attached hydrogens (tertiary/aromatic N) is 3. The maximum absolute atomic E-state index is 10.2. The van der Waals surface area contributed by atoms with E-state index in [4.69, 9.17) is 10.5 Å². The first kappa shape index (κ1) is 18.8. The number of methoxy groups -OCH3 is 1. The SMILES string of the molecule is COc1cccc(O)c1-c1nc(N)c(C#N)c(C2CCCNC2)n1.Cl. The van der Waals surface area contributed by atoms with E-state index in [9.17, 15) is 10.4 Å². The Balaban J connectivity index is 0.00000225. The van der Waals surface area contributed by atoms with Gasteiger partial charge in [-0.3, -0.25) is 0 Å². The summed E-state index contributed by atoms with van der Waals surface area (Å²) in [7, 11) is 1.51. The van der Waals surface area contributed by atoms with Gasteiger partial charge in [-0.25, -0.2) is 9.97 Å². The largest absolute Gasteiger partial charge is 0.507 e. The van der Waals surface area contributed by atoms with Crippen molar-refractivity contribution in [2.75, 3.05) is 25.9 Å². The number of aromatic nitrogens is 2. The molecule has 1 unspecified atom stereocenters. The van der Waals surface area contributed by atoms with Crippen LogP contribution in [0.15, 0.2) is 18.2 Å². The summed E-state index contributed by atoms with van der Waals surface area (Å²) in [4.78, 5) is 8.80. The zero-order chi connectivity index (χ0) is 17.1. The van der Waals surface area contributed by atoms with Crippen LogP contribution in [0.25, 0.3) is 11.4 Å². The molecule has 1 saturated heterocycles. The van der Waals surface area contributed by atoms with E-state index < -0.39 is 0 Å². The summed E-state index contributed by atoms with van der Waals surface area (Å²) in [5.74, 6) is 0.933. The zero-order valence-corrected chi connectivity index (χ0v) is 14.6. The molecule has 3 rings (SSSR count). The Bertz CT molecular complexity index is 800. The highest BCUT2D eigenvalue weighted by molar-refractivity contribution is 5.85. The molecule has 8 heteroatoms. The van der Waals surface area contributed by atoms with Crippen molar-refractivity contribution >= 4 is 18.2 Å². The molecule has 1 atom stereocenters. The molecule has 0 aliphatic carbocycles. The summed E-state index contributed by atoms with van der Waals surface area (Å²) in [6.07, 6.45) is 1.93. The third kappa shape index (κ3) is 3.60. The molecule has 1 fully saturated rings. The van der Waals surface area contributed by atoms with Gasteiger partial charge in [0.05, 0.1) is 12.8 Å². The van der Waals surface area contributed by atoms with Crippen molar-refractivity contribution in [3.05, 3.63) is 29.5 Å². The molecule has 2 aromatic rings. The van der Waals surface area contributed by atoms with Gasteiger partial charge < -0.3 is 20.9 Å². The maximum atomic E-state index is 10.2. The van der Waals surface area contributed by atoms with Crippen LogP contribution in [0.1, 0.15) is 30.0 Å². The molecular weight excluding hydrogens is 342 g/mol. The molecule has 25 heavy (non-hydrogen) atoms. The standard InChI is InChI=1S/C17H19N5O2.ClH/c1-24-13-6-2-5-12(23)14(13)17-21-15(10-4-3-7-20-9-10)11(8-18)16(19)22-17;/h2,5-6,10,20,23H,3-4,7,9H2,1H3,(H2,19,21,22);1H. The van der Waals surface area contributed by atoms with Crippen molar-refractivity contribution in [1.29, 1.82) is 5.26 Å². The van der Waals surface area contributed by atoms with E-state index in [1.54, 1.807) is 12.1 Å². The van der Waals surface area contributed by atoms with Gasteiger partial charge >= 0.3 is 0 Å². The van der Waals surface area contributed by atoms with Gasteiger partial charge in [0.15, 0.2) is 5.82 Å². The Kier molecular flexibility index (Phi) is 6.02. The summed E-state index contributed by atoms with van der Waals surface area (Å²) >= 11 is 0. The van der Waals surface area contributed by atoms with E-state index in [2.05, 4.69) is 21.4 Å². The van der Waals surface area contributed by atoms with Crippen molar-refractivity contribution in [3.63, 3.8) is 0 Å². The number of hydrogen-bond donors (Lipinski definition) is 3. The third-order valence-corrected chi connectivity index (χ3v) is 4.21. The first-order valence-corrected chi connectivity index (χ1v) is 7.80. The number of piperidine rings is 1. The normalized spacial score (nSPS) is 16.6. The van der Waals surface area contributed by atoms with E-state index in [1.807, 2.05) is 0 Å². The number of aromatic hydroxyl groups is 1. The molecule has 2 heterocycles. The van der Waals surface area contributed by atoms with Crippen molar-refractivity contribution in [1.82, 2.24) is 15.3 Å². The van der Waals surface area contributed by atoms with Crippen molar-refractivity contribution in [3.8, 4) is 29.0 Å². The van der Waals surface area contributed by atoms with Crippen LogP contribution in [0.2, 0.25) is 0 Å². The van der Waals surface area contributed by atoms with E-state index >= 15 is 0 Å². The number of anilines is 1. The highest BCUT2D eigenvalue weighted by atomic mass is 35.5. The van der Waals surface area contributed by atoms with Gasteiger partial charge in [-0.1, -0.05) is 6.07 Å². The van der Waals surface area contributed by atoms with E-state index in [0.29, 0.717) is 22.6 Å². The Hall–Kier alpha value is -2.56. The average Bonchev–Trinajstić information content (AvgIpc) is 2.61. The van der Waals surface area contributed by atoms with Gasteiger partial charge in [0, 0.05) is 12.5 Å². The number of ether oxygens (including phenoxy) is 1. The highest BCUT2D eigenvalue weighted by Gasteiger charge is 2.25. The lowest BCUT2D eigenvalue weighted by Gasteiger charge is -2.23. The molecule has 1 aromatic heterocycles. The first-order valence-electron chi connectivity index (χ1n) is 7.80. The fraction of sp³-hybridized carbons (Fsp3) is 0.353. The highest BCUT2D eigenvalue weighted by Crippen LogP contribution is 2.37. The second-order valence-electron chi connectivity index (χ2n) is 5.70. The van der Waals surface area contributed by atoms with Crippen molar-refractivity contribution < 1.29 is 9.84 Å². The maximum Gasteiger partial charge on any atom is 0.169 e. The number of hydrogen-bond acceptors (Lipinski definition) is 7. The molecule has 0 saturated carbocycles. The van der Waals surface area contributed by atoms with E-state index in [0.717, 1.165) is 25.9 Å². The molecule has 0 radical (unpaired) electrons. The minimum absolute atomic E-state index is 0. The van der Waals surface area contributed by atoms with Crippen LogP contribution in [0.4, 0.5) is 5.82 Å². The predicted molar refractivity (Wildman–Crippen MR) is 96.9 cm³/mol. The van der Waals surface area contributed by atoms with Gasteiger partial charge in [0.2, 0.25) is 0 Å². The molecular formula is C17H20ClN5O2. The van der Waals surface area contributed by atoms with Gasteiger partial charge in [-0.15, -0.1) is 12.4 Å². The number of nitrogens with two attached hydrogens (primary N) is 1. The molecule has 7 nitrogen and oxygen atoms in total. The number of rotatable bonds is 3. The Morgan fingerprint density at radius 2 is 2.20 bits per heavy atom. The fourth-order valence-corrected chi connectivity index (χ4v) is 3.02. The molecule has 4 N–H and O–H groups in total. The first-order chi connectivity index (χ1) is 11.7. The lowest BCUT2D eigenvalue weighted by molar-refractivity contribution is 0.409. The minimum atomic E-state index is 0. The van der Waals surface area contributed by atoms with Crippen LogP contribution < -0.4 is 15.8 Å². The van der Waals surface area contributed by atoms with Gasteiger partial charge in [0.1, 0.15) is 34.5 Å². The number of nitriles is 1. The van der Waals surface area contributed by atoms with Crippen molar-refractivity contribution in [2.24, 2.45) is 0 Å². The average molecular weight is 362 g/mol. The van der Waals surface area contributed by atoms with E-state index in [1.165, 1.54) is 13.2 Å². The number of phenolic OH excluding ortho intramolecular Hbond substituents is 1. The molecule has 0 spiro atoms. The number of nitrogen functional groups attached to an aromatic ring is 1. The lowest BCUT2D eigenvalue weighted by Crippen LogP contribution is -2.29. The minimum Gasteiger partial charge on any atom is -0.507 e. The molecule has 1 aromatic carbocycles. The quantitative estimate of drug-likeness (QED) is 0.767. The van der Waals surface area contributed by atoms with Gasteiger partial charge in [-0.2, -0.15) is 5.26 Å². The molecule has 0 bridgehead atoms.